The SMILES string of the molecule is COc1cc(C)ccc1Oc1ccncc1CO. The molecule has 2 aromatic rings. The number of rotatable bonds is 4. The van der Waals surface area contributed by atoms with Crippen LogP contribution in [-0.4, -0.2) is 17.2 Å². The quantitative estimate of drug-likeness (QED) is 0.899. The first-order valence-corrected chi connectivity index (χ1v) is 5.61. The highest BCUT2D eigenvalue weighted by Crippen LogP contribution is 2.33. The van der Waals surface area contributed by atoms with Gasteiger partial charge in [-0.3, -0.25) is 4.98 Å². The van der Waals surface area contributed by atoms with Crippen LogP contribution in [0.5, 0.6) is 17.2 Å². The van der Waals surface area contributed by atoms with Gasteiger partial charge in [-0.2, -0.15) is 0 Å². The van der Waals surface area contributed by atoms with Crippen molar-refractivity contribution in [1.82, 2.24) is 4.98 Å². The van der Waals surface area contributed by atoms with Crippen LogP contribution < -0.4 is 9.47 Å². The number of nitrogens with zero attached hydrogens (tertiary/aromatic N) is 1. The Morgan fingerprint density at radius 3 is 2.72 bits per heavy atom. The lowest BCUT2D eigenvalue weighted by atomic mass is 10.2. The fourth-order valence-corrected chi connectivity index (χ4v) is 1.61. The van der Waals surface area contributed by atoms with Crippen LogP contribution in [-0.2, 0) is 6.61 Å². The number of ether oxygens (including phenoxy) is 2. The van der Waals surface area contributed by atoms with Crippen LogP contribution in [0.2, 0.25) is 0 Å². The Morgan fingerprint density at radius 1 is 1.17 bits per heavy atom. The van der Waals surface area contributed by atoms with Gasteiger partial charge in [-0.15, -0.1) is 0 Å². The number of aromatic nitrogens is 1. The minimum Gasteiger partial charge on any atom is -0.493 e. The van der Waals surface area contributed by atoms with E-state index in [4.69, 9.17) is 9.47 Å². The Kier molecular flexibility index (Phi) is 3.79. The summed E-state index contributed by atoms with van der Waals surface area (Å²) < 4.78 is 11.0. The molecule has 18 heavy (non-hydrogen) atoms. The molecule has 0 spiro atoms. The van der Waals surface area contributed by atoms with Gasteiger partial charge in [0.2, 0.25) is 0 Å². The van der Waals surface area contributed by atoms with E-state index < -0.39 is 0 Å². The van der Waals surface area contributed by atoms with Crippen molar-refractivity contribution in [2.75, 3.05) is 7.11 Å². The summed E-state index contributed by atoms with van der Waals surface area (Å²) in [6, 6.07) is 7.40. The molecule has 1 N–H and O–H groups in total. The monoisotopic (exact) mass is 245 g/mol. The van der Waals surface area contributed by atoms with Crippen LogP contribution >= 0.6 is 0 Å². The first-order valence-electron chi connectivity index (χ1n) is 5.61. The van der Waals surface area contributed by atoms with E-state index in [2.05, 4.69) is 4.98 Å². The lowest BCUT2D eigenvalue weighted by Gasteiger charge is -2.12. The first kappa shape index (κ1) is 12.4. The molecule has 4 heteroatoms. The van der Waals surface area contributed by atoms with E-state index in [9.17, 15) is 5.11 Å². The molecule has 0 unspecified atom stereocenters. The lowest BCUT2D eigenvalue weighted by molar-refractivity contribution is 0.275. The predicted molar refractivity (Wildman–Crippen MR) is 68.0 cm³/mol. The van der Waals surface area contributed by atoms with E-state index in [1.54, 1.807) is 25.6 Å². The van der Waals surface area contributed by atoms with E-state index in [-0.39, 0.29) is 6.61 Å². The van der Waals surface area contributed by atoms with Crippen molar-refractivity contribution in [3.05, 3.63) is 47.8 Å². The zero-order valence-corrected chi connectivity index (χ0v) is 10.4. The number of aliphatic hydroxyl groups excluding tert-OH is 1. The summed E-state index contributed by atoms with van der Waals surface area (Å²) in [5.74, 6) is 1.86. The minimum atomic E-state index is -0.114. The highest BCUT2D eigenvalue weighted by molar-refractivity contribution is 5.46. The molecule has 0 radical (unpaired) electrons. The third-order valence-corrected chi connectivity index (χ3v) is 2.57. The molecular formula is C14H15NO3. The number of aliphatic hydroxyl groups is 1. The molecule has 1 aromatic carbocycles. The van der Waals surface area contributed by atoms with Crippen molar-refractivity contribution in [3.63, 3.8) is 0 Å². The van der Waals surface area contributed by atoms with Crippen LogP contribution in [0.4, 0.5) is 0 Å². The van der Waals surface area contributed by atoms with Crippen LogP contribution in [0.15, 0.2) is 36.7 Å². The normalized spacial score (nSPS) is 10.2. The number of aryl methyl sites for hydroxylation is 1. The van der Waals surface area contributed by atoms with Gasteiger partial charge < -0.3 is 14.6 Å². The van der Waals surface area contributed by atoms with Crippen LogP contribution in [0.3, 0.4) is 0 Å². The molecule has 0 aliphatic rings. The molecule has 94 valence electrons. The van der Waals surface area contributed by atoms with Gasteiger partial charge in [0, 0.05) is 18.0 Å². The Bertz CT molecular complexity index is 540. The third-order valence-electron chi connectivity index (χ3n) is 2.57. The van der Waals surface area contributed by atoms with Crippen LogP contribution in [0.25, 0.3) is 0 Å². The van der Waals surface area contributed by atoms with Crippen molar-refractivity contribution in [2.45, 2.75) is 13.5 Å². The Hall–Kier alpha value is -2.07. The van der Waals surface area contributed by atoms with Crippen molar-refractivity contribution in [1.29, 1.82) is 0 Å². The first-order chi connectivity index (χ1) is 8.74. The third kappa shape index (κ3) is 2.60. The van der Waals surface area contributed by atoms with Crippen LogP contribution in [0.1, 0.15) is 11.1 Å². The van der Waals surface area contributed by atoms with Gasteiger partial charge >= 0.3 is 0 Å². The average Bonchev–Trinajstić information content (AvgIpc) is 2.41. The molecule has 0 atom stereocenters. The second-order valence-corrected chi connectivity index (χ2v) is 3.90. The Balaban J connectivity index is 2.33. The molecule has 0 saturated heterocycles. The molecule has 2 rings (SSSR count). The smallest absolute Gasteiger partial charge is 0.169 e. The van der Waals surface area contributed by atoms with Gasteiger partial charge in [0.1, 0.15) is 5.75 Å². The maximum atomic E-state index is 9.22. The molecule has 0 bridgehead atoms. The summed E-state index contributed by atoms with van der Waals surface area (Å²) in [6.45, 7) is 1.87. The van der Waals surface area contributed by atoms with E-state index in [0.29, 0.717) is 22.8 Å². The molecule has 1 heterocycles. The van der Waals surface area contributed by atoms with Crippen molar-refractivity contribution in [3.8, 4) is 17.2 Å². The summed E-state index contributed by atoms with van der Waals surface area (Å²) in [4.78, 5) is 3.94. The lowest BCUT2D eigenvalue weighted by Crippen LogP contribution is -1.95. The number of hydrogen-bond acceptors (Lipinski definition) is 4. The number of hydrogen-bond donors (Lipinski definition) is 1. The topological polar surface area (TPSA) is 51.6 Å². The zero-order chi connectivity index (χ0) is 13.0. The average molecular weight is 245 g/mol. The summed E-state index contributed by atoms with van der Waals surface area (Å²) in [5.41, 5.74) is 1.73. The van der Waals surface area contributed by atoms with E-state index in [1.807, 2.05) is 25.1 Å². The largest absolute Gasteiger partial charge is 0.493 e. The minimum absolute atomic E-state index is 0.114. The number of benzene rings is 1. The van der Waals surface area contributed by atoms with Gasteiger partial charge in [-0.05, 0) is 30.7 Å². The zero-order valence-electron chi connectivity index (χ0n) is 10.4. The molecule has 0 saturated carbocycles. The maximum absolute atomic E-state index is 9.22. The molecule has 0 aliphatic heterocycles. The van der Waals surface area contributed by atoms with Gasteiger partial charge in [-0.25, -0.2) is 0 Å². The fourth-order valence-electron chi connectivity index (χ4n) is 1.61. The maximum Gasteiger partial charge on any atom is 0.169 e. The molecular weight excluding hydrogens is 230 g/mol. The molecule has 4 nitrogen and oxygen atoms in total. The predicted octanol–water partition coefficient (Wildman–Crippen LogP) is 2.68. The fraction of sp³-hybridized carbons (Fsp3) is 0.214. The van der Waals surface area contributed by atoms with Crippen molar-refractivity contribution in [2.24, 2.45) is 0 Å². The summed E-state index contributed by atoms with van der Waals surface area (Å²) >= 11 is 0. The van der Waals surface area contributed by atoms with Gasteiger partial charge in [0.05, 0.1) is 13.7 Å². The number of methoxy groups -OCH3 is 1. The molecule has 0 amide bonds. The molecule has 0 aliphatic carbocycles. The van der Waals surface area contributed by atoms with Crippen LogP contribution in [0, 0.1) is 6.92 Å². The summed E-state index contributed by atoms with van der Waals surface area (Å²) in [6.07, 6.45) is 3.20. The Labute approximate surface area is 106 Å². The Morgan fingerprint density at radius 2 is 2.00 bits per heavy atom. The highest BCUT2D eigenvalue weighted by Gasteiger charge is 2.08. The highest BCUT2D eigenvalue weighted by atomic mass is 16.5. The van der Waals surface area contributed by atoms with Gasteiger partial charge in [0.25, 0.3) is 0 Å². The van der Waals surface area contributed by atoms with E-state index in [0.717, 1.165) is 5.56 Å². The van der Waals surface area contributed by atoms with E-state index >= 15 is 0 Å². The molecule has 1 aromatic heterocycles. The number of pyridine rings is 1. The summed E-state index contributed by atoms with van der Waals surface area (Å²) in [7, 11) is 1.60. The standard InChI is InChI=1S/C14H15NO3/c1-10-3-4-13(14(7-10)17-2)18-12-5-6-15-8-11(12)9-16/h3-8,16H,9H2,1-2H3. The summed E-state index contributed by atoms with van der Waals surface area (Å²) in [5, 5.41) is 9.22. The van der Waals surface area contributed by atoms with E-state index in [1.165, 1.54) is 0 Å². The van der Waals surface area contributed by atoms with Gasteiger partial charge in [0.15, 0.2) is 11.5 Å². The second kappa shape index (κ2) is 5.51. The van der Waals surface area contributed by atoms with Crippen molar-refractivity contribution >= 4 is 0 Å². The molecule has 0 fully saturated rings. The second-order valence-electron chi connectivity index (χ2n) is 3.90. The van der Waals surface area contributed by atoms with Gasteiger partial charge in [-0.1, -0.05) is 6.07 Å². The van der Waals surface area contributed by atoms with Crippen molar-refractivity contribution < 1.29 is 14.6 Å².